The smallest absolute Gasteiger partial charge is 0.272 e. The number of allylic oxidation sites excluding steroid dienone is 1. The third-order valence-electron chi connectivity index (χ3n) is 2.91. The molecule has 20 heavy (non-hydrogen) atoms. The fraction of sp³-hybridized carbons (Fsp3) is 0.308. The summed E-state index contributed by atoms with van der Waals surface area (Å²) in [6, 6.07) is 4.61. The second kappa shape index (κ2) is 5.96. The van der Waals surface area contributed by atoms with E-state index in [2.05, 4.69) is 4.72 Å². The molecule has 0 bridgehead atoms. The van der Waals surface area contributed by atoms with E-state index in [1.165, 1.54) is 12.1 Å². The van der Waals surface area contributed by atoms with Crippen molar-refractivity contribution in [1.82, 2.24) is 4.72 Å². The van der Waals surface area contributed by atoms with Crippen LogP contribution in [0.1, 0.15) is 18.4 Å². The van der Waals surface area contributed by atoms with Gasteiger partial charge < -0.3 is 5.11 Å². The van der Waals surface area contributed by atoms with Crippen LogP contribution in [0.25, 0.3) is 0 Å². The molecule has 1 fully saturated rings. The van der Waals surface area contributed by atoms with Gasteiger partial charge in [-0.1, -0.05) is 0 Å². The highest BCUT2D eigenvalue weighted by atomic mass is 32.2. The highest BCUT2D eigenvalue weighted by molar-refractivity contribution is 7.98. The lowest BCUT2D eigenvalue weighted by Crippen LogP contribution is -2.13. The van der Waals surface area contributed by atoms with Gasteiger partial charge in [-0.3, -0.25) is 19.6 Å². The van der Waals surface area contributed by atoms with Crippen LogP contribution in [0.4, 0.5) is 5.69 Å². The first-order valence-electron chi connectivity index (χ1n) is 6.10. The Kier molecular flexibility index (Phi) is 4.29. The Morgan fingerprint density at radius 1 is 1.55 bits per heavy atom. The number of nitrogens with one attached hydrogen (secondary N) is 1. The molecule has 1 amide bonds. The fourth-order valence-electron chi connectivity index (χ4n) is 1.67. The van der Waals surface area contributed by atoms with Crippen molar-refractivity contribution in [2.24, 2.45) is 5.92 Å². The molecule has 1 aromatic carbocycles. The number of nitro benzene ring substituents is 1. The lowest BCUT2D eigenvalue weighted by atomic mass is 10.2. The van der Waals surface area contributed by atoms with Crippen LogP contribution in [-0.4, -0.2) is 15.9 Å². The quantitative estimate of drug-likeness (QED) is 0.286. The second-order valence-corrected chi connectivity index (χ2v) is 5.50. The molecule has 106 valence electrons. The second-order valence-electron chi connectivity index (χ2n) is 4.62. The van der Waals surface area contributed by atoms with Crippen molar-refractivity contribution in [2.45, 2.75) is 24.7 Å². The molecular formula is C13H14N2O4S. The maximum absolute atomic E-state index is 11.5. The molecule has 0 aromatic heterocycles. The van der Waals surface area contributed by atoms with Crippen LogP contribution < -0.4 is 4.72 Å². The average molecular weight is 294 g/mol. The fourth-order valence-corrected chi connectivity index (χ4v) is 2.32. The Hall–Kier alpha value is -2.02. The van der Waals surface area contributed by atoms with Gasteiger partial charge in [-0.05, 0) is 43.8 Å². The molecule has 0 unspecified atom stereocenters. The zero-order valence-electron chi connectivity index (χ0n) is 10.8. The molecule has 1 aliphatic carbocycles. The SMILES string of the molecule is Cc1cc(SNC(=O)C=C(O)C2CC2)ccc1[N+](=O)[O-]. The van der Waals surface area contributed by atoms with Crippen molar-refractivity contribution in [3.8, 4) is 0 Å². The first-order valence-corrected chi connectivity index (χ1v) is 6.91. The van der Waals surface area contributed by atoms with E-state index in [1.54, 1.807) is 19.1 Å². The third kappa shape index (κ3) is 3.74. The predicted molar refractivity (Wildman–Crippen MR) is 75.3 cm³/mol. The Morgan fingerprint density at radius 2 is 2.25 bits per heavy atom. The van der Waals surface area contributed by atoms with E-state index in [0.717, 1.165) is 24.8 Å². The van der Waals surface area contributed by atoms with E-state index < -0.39 is 10.8 Å². The van der Waals surface area contributed by atoms with Crippen LogP contribution >= 0.6 is 11.9 Å². The highest BCUT2D eigenvalue weighted by Gasteiger charge is 2.26. The molecule has 0 saturated heterocycles. The number of carbonyl (C=O) groups is 1. The molecule has 0 aliphatic heterocycles. The molecule has 7 heteroatoms. The van der Waals surface area contributed by atoms with E-state index >= 15 is 0 Å². The van der Waals surface area contributed by atoms with Crippen molar-refractivity contribution in [2.75, 3.05) is 0 Å². The van der Waals surface area contributed by atoms with E-state index in [1.807, 2.05) is 0 Å². The van der Waals surface area contributed by atoms with E-state index in [-0.39, 0.29) is 17.4 Å². The number of carbonyl (C=O) groups excluding carboxylic acids is 1. The third-order valence-corrected chi connectivity index (χ3v) is 3.70. The predicted octanol–water partition coefficient (Wildman–Crippen LogP) is 2.88. The molecule has 1 aliphatic rings. The molecule has 0 radical (unpaired) electrons. The normalized spacial score (nSPS) is 14.9. The van der Waals surface area contributed by atoms with Crippen molar-refractivity contribution >= 4 is 23.5 Å². The molecule has 2 rings (SSSR count). The van der Waals surface area contributed by atoms with Gasteiger partial charge in [-0.25, -0.2) is 0 Å². The van der Waals surface area contributed by atoms with Crippen LogP contribution in [0.5, 0.6) is 0 Å². The number of nitro groups is 1. The van der Waals surface area contributed by atoms with Crippen LogP contribution in [0.2, 0.25) is 0 Å². The summed E-state index contributed by atoms with van der Waals surface area (Å²) in [6.45, 7) is 1.64. The van der Waals surface area contributed by atoms with Crippen molar-refractivity contribution < 1.29 is 14.8 Å². The van der Waals surface area contributed by atoms with Crippen molar-refractivity contribution in [1.29, 1.82) is 0 Å². The van der Waals surface area contributed by atoms with E-state index in [0.29, 0.717) is 10.5 Å². The van der Waals surface area contributed by atoms with Gasteiger partial charge in [0.15, 0.2) is 0 Å². The number of aryl methyl sites for hydroxylation is 1. The van der Waals surface area contributed by atoms with Crippen LogP contribution in [0.3, 0.4) is 0 Å². The minimum Gasteiger partial charge on any atom is -0.512 e. The van der Waals surface area contributed by atoms with Crippen molar-refractivity contribution in [3.63, 3.8) is 0 Å². The van der Waals surface area contributed by atoms with Gasteiger partial charge in [0.2, 0.25) is 0 Å². The zero-order valence-corrected chi connectivity index (χ0v) is 11.6. The topological polar surface area (TPSA) is 92.5 Å². The molecule has 0 heterocycles. The number of benzene rings is 1. The monoisotopic (exact) mass is 294 g/mol. The molecule has 0 spiro atoms. The summed E-state index contributed by atoms with van der Waals surface area (Å²) in [4.78, 5) is 22.5. The van der Waals surface area contributed by atoms with Crippen LogP contribution in [0, 0.1) is 23.0 Å². The van der Waals surface area contributed by atoms with Gasteiger partial charge in [0.1, 0.15) is 5.76 Å². The number of amides is 1. The standard InChI is InChI=1S/C13H14N2O4S/c1-8-6-10(4-5-11(8)15(18)19)20-14-13(17)7-12(16)9-2-3-9/h4-7,9,16H,2-3H2,1H3,(H,14,17). The largest absolute Gasteiger partial charge is 0.512 e. The van der Waals surface area contributed by atoms with Crippen molar-refractivity contribution in [3.05, 3.63) is 45.7 Å². The first kappa shape index (κ1) is 14.4. The van der Waals surface area contributed by atoms with Gasteiger partial charge >= 0.3 is 0 Å². The first-order chi connectivity index (χ1) is 9.47. The van der Waals surface area contributed by atoms with Gasteiger partial charge in [0.05, 0.1) is 4.92 Å². The summed E-state index contributed by atoms with van der Waals surface area (Å²) in [5.74, 6) is -0.147. The lowest BCUT2D eigenvalue weighted by molar-refractivity contribution is -0.385. The van der Waals surface area contributed by atoms with Gasteiger partial charge in [0, 0.05) is 28.5 Å². The Bertz CT molecular complexity index is 582. The molecule has 1 saturated carbocycles. The van der Waals surface area contributed by atoms with E-state index in [9.17, 15) is 20.0 Å². The summed E-state index contributed by atoms with van der Waals surface area (Å²) < 4.78 is 2.56. The molecule has 1 aromatic rings. The number of aliphatic hydroxyl groups excluding tert-OH is 1. The minimum absolute atomic E-state index is 0.0481. The molecule has 2 N–H and O–H groups in total. The Labute approximate surface area is 120 Å². The number of nitrogens with zero attached hydrogens (tertiary/aromatic N) is 1. The number of aliphatic hydroxyl groups is 1. The summed E-state index contributed by atoms with van der Waals surface area (Å²) in [6.07, 6.45) is 3.03. The summed E-state index contributed by atoms with van der Waals surface area (Å²) in [5, 5.41) is 20.2. The number of hydrogen-bond donors (Lipinski definition) is 2. The van der Waals surface area contributed by atoms with Crippen LogP contribution in [-0.2, 0) is 4.79 Å². The van der Waals surface area contributed by atoms with Gasteiger partial charge in [0.25, 0.3) is 11.6 Å². The molecule has 0 atom stereocenters. The number of rotatable bonds is 5. The van der Waals surface area contributed by atoms with Gasteiger partial charge in [-0.2, -0.15) is 0 Å². The molecule has 6 nitrogen and oxygen atoms in total. The number of hydrogen-bond acceptors (Lipinski definition) is 5. The summed E-state index contributed by atoms with van der Waals surface area (Å²) >= 11 is 1.06. The maximum atomic E-state index is 11.5. The van der Waals surface area contributed by atoms with Gasteiger partial charge in [-0.15, -0.1) is 0 Å². The maximum Gasteiger partial charge on any atom is 0.272 e. The van der Waals surface area contributed by atoms with E-state index in [4.69, 9.17) is 0 Å². The average Bonchev–Trinajstić information content (AvgIpc) is 3.20. The zero-order chi connectivity index (χ0) is 14.7. The minimum atomic E-state index is -0.446. The summed E-state index contributed by atoms with van der Waals surface area (Å²) in [5.41, 5.74) is 0.581. The van der Waals surface area contributed by atoms with Crippen LogP contribution in [0.15, 0.2) is 34.9 Å². The highest BCUT2D eigenvalue weighted by Crippen LogP contribution is 2.34. The summed E-state index contributed by atoms with van der Waals surface area (Å²) in [7, 11) is 0. The Morgan fingerprint density at radius 3 is 2.80 bits per heavy atom. The lowest BCUT2D eigenvalue weighted by Gasteiger charge is -2.04. The molecular weight excluding hydrogens is 280 g/mol. The Balaban J connectivity index is 1.93.